The van der Waals surface area contributed by atoms with Gasteiger partial charge in [0, 0.05) is 32.7 Å². The van der Waals surface area contributed by atoms with Crippen molar-refractivity contribution in [3.8, 4) is 0 Å². The van der Waals surface area contributed by atoms with Crippen molar-refractivity contribution in [2.24, 2.45) is 5.92 Å². The third-order valence-electron chi connectivity index (χ3n) is 5.42. The minimum absolute atomic E-state index is 0.0722. The highest BCUT2D eigenvalue weighted by Gasteiger charge is 2.25. The number of anilines is 1. The number of ether oxygens (including phenoxy) is 1. The molecular weight excluding hydrogens is 495 g/mol. The molecule has 1 aliphatic rings. The van der Waals surface area contributed by atoms with Crippen LogP contribution < -0.4 is 5.32 Å². The fraction of sp³-hybridized carbons (Fsp3) is 0.318. The molecule has 0 atom stereocenters. The highest BCUT2D eigenvalue weighted by Crippen LogP contribution is 2.22. The van der Waals surface area contributed by atoms with Crippen LogP contribution in [-0.4, -0.2) is 53.2 Å². The Morgan fingerprint density at radius 3 is 2.70 bits per heavy atom. The van der Waals surface area contributed by atoms with Crippen molar-refractivity contribution in [3.63, 3.8) is 0 Å². The van der Waals surface area contributed by atoms with E-state index in [2.05, 4.69) is 43.0 Å². The van der Waals surface area contributed by atoms with Gasteiger partial charge in [0.2, 0.25) is 0 Å². The fourth-order valence-electron chi connectivity index (χ4n) is 3.70. The molecule has 2 heterocycles. The number of hydrogen-bond acceptors (Lipinski definition) is 5. The molecule has 0 unspecified atom stereocenters. The SMILES string of the molecule is O=C(Nc1ccc2cn[nH]c2c1)OCCN1CCC(C(=O)c2ccc(I)cc2)CC1. The van der Waals surface area contributed by atoms with Crippen LogP contribution in [0, 0.1) is 9.49 Å². The van der Waals surface area contributed by atoms with Gasteiger partial charge in [-0.3, -0.25) is 20.1 Å². The van der Waals surface area contributed by atoms with Gasteiger partial charge in [-0.25, -0.2) is 4.79 Å². The number of H-pyrrole nitrogens is 1. The number of amides is 1. The molecule has 7 nitrogen and oxygen atoms in total. The minimum Gasteiger partial charge on any atom is -0.448 e. The lowest BCUT2D eigenvalue weighted by Crippen LogP contribution is -2.38. The Bertz CT molecular complexity index is 1030. The van der Waals surface area contributed by atoms with Crippen LogP contribution in [0.3, 0.4) is 0 Å². The number of carbonyl (C=O) groups excluding carboxylic acids is 2. The molecule has 3 aromatic rings. The van der Waals surface area contributed by atoms with Crippen molar-refractivity contribution in [2.45, 2.75) is 12.8 Å². The van der Waals surface area contributed by atoms with Crippen molar-refractivity contribution in [2.75, 3.05) is 31.6 Å². The third kappa shape index (κ3) is 5.17. The van der Waals surface area contributed by atoms with Crippen molar-refractivity contribution in [1.82, 2.24) is 15.1 Å². The number of aromatic amines is 1. The fourth-order valence-corrected chi connectivity index (χ4v) is 4.06. The Kier molecular flexibility index (Phi) is 6.63. The number of nitrogens with zero attached hydrogens (tertiary/aromatic N) is 2. The topological polar surface area (TPSA) is 87.3 Å². The Balaban J connectivity index is 1.18. The van der Waals surface area contributed by atoms with Crippen LogP contribution in [0.15, 0.2) is 48.7 Å². The van der Waals surface area contributed by atoms with E-state index >= 15 is 0 Å². The molecule has 1 aliphatic heterocycles. The number of rotatable bonds is 6. The summed E-state index contributed by atoms with van der Waals surface area (Å²) < 4.78 is 6.44. The molecule has 30 heavy (non-hydrogen) atoms. The van der Waals surface area contributed by atoms with E-state index in [9.17, 15) is 9.59 Å². The highest BCUT2D eigenvalue weighted by atomic mass is 127. The number of likely N-dealkylation sites (tertiary alicyclic amines) is 1. The lowest BCUT2D eigenvalue weighted by Gasteiger charge is -2.31. The monoisotopic (exact) mass is 518 g/mol. The predicted molar refractivity (Wildman–Crippen MR) is 124 cm³/mol. The Morgan fingerprint density at radius 1 is 1.17 bits per heavy atom. The van der Waals surface area contributed by atoms with Crippen molar-refractivity contribution in [3.05, 3.63) is 57.8 Å². The summed E-state index contributed by atoms with van der Waals surface area (Å²) in [6.45, 7) is 2.65. The predicted octanol–water partition coefficient (Wildman–Crippen LogP) is 4.31. The maximum Gasteiger partial charge on any atom is 0.411 e. The average Bonchev–Trinajstić information content (AvgIpc) is 3.22. The smallest absolute Gasteiger partial charge is 0.411 e. The molecule has 4 rings (SSSR count). The van der Waals surface area contributed by atoms with Crippen LogP contribution >= 0.6 is 22.6 Å². The van der Waals surface area contributed by atoms with Gasteiger partial charge in [0.25, 0.3) is 0 Å². The molecule has 8 heteroatoms. The largest absolute Gasteiger partial charge is 0.448 e. The third-order valence-corrected chi connectivity index (χ3v) is 6.14. The lowest BCUT2D eigenvalue weighted by molar-refractivity contribution is 0.0813. The number of Topliss-reactive ketones (excluding diaryl/α,β-unsaturated/α-hetero) is 1. The molecule has 1 fully saturated rings. The van der Waals surface area contributed by atoms with Crippen LogP contribution in [0.25, 0.3) is 10.9 Å². The van der Waals surface area contributed by atoms with Crippen molar-refractivity contribution in [1.29, 1.82) is 0 Å². The number of ketones is 1. The summed E-state index contributed by atoms with van der Waals surface area (Å²) in [5.74, 6) is 0.304. The van der Waals surface area contributed by atoms with Gasteiger partial charge in [0.05, 0.1) is 11.7 Å². The number of piperidine rings is 1. The van der Waals surface area contributed by atoms with Gasteiger partial charge in [-0.2, -0.15) is 5.10 Å². The number of benzene rings is 2. The number of aromatic nitrogens is 2. The molecule has 0 spiro atoms. The second-order valence-electron chi connectivity index (χ2n) is 7.42. The molecule has 0 aliphatic carbocycles. The van der Waals surface area contributed by atoms with Gasteiger partial charge in [-0.15, -0.1) is 0 Å². The zero-order valence-corrected chi connectivity index (χ0v) is 18.6. The summed E-state index contributed by atoms with van der Waals surface area (Å²) in [6.07, 6.45) is 2.93. The average molecular weight is 518 g/mol. The molecule has 2 N–H and O–H groups in total. The molecule has 2 aromatic carbocycles. The van der Waals surface area contributed by atoms with Crippen LogP contribution in [0.1, 0.15) is 23.2 Å². The van der Waals surface area contributed by atoms with Crippen LogP contribution in [0.2, 0.25) is 0 Å². The van der Waals surface area contributed by atoms with E-state index in [1.54, 1.807) is 6.20 Å². The van der Waals surface area contributed by atoms with E-state index < -0.39 is 6.09 Å². The number of hydrogen-bond donors (Lipinski definition) is 2. The van der Waals surface area contributed by atoms with Gasteiger partial charge in [0.1, 0.15) is 6.61 Å². The molecule has 0 saturated carbocycles. The Labute approximate surface area is 188 Å². The van der Waals surface area contributed by atoms with Gasteiger partial charge in [-0.05, 0) is 78.9 Å². The zero-order valence-electron chi connectivity index (χ0n) is 16.4. The van der Waals surface area contributed by atoms with Gasteiger partial charge in [-0.1, -0.05) is 12.1 Å². The Hall–Kier alpha value is -2.46. The van der Waals surface area contributed by atoms with E-state index in [1.807, 2.05) is 42.5 Å². The molecule has 156 valence electrons. The lowest BCUT2D eigenvalue weighted by atomic mass is 9.89. The minimum atomic E-state index is -0.474. The molecule has 0 radical (unpaired) electrons. The first-order chi connectivity index (χ1) is 14.6. The molecule has 0 bridgehead atoms. The maximum atomic E-state index is 12.7. The number of halogens is 1. The summed E-state index contributed by atoms with van der Waals surface area (Å²) in [5.41, 5.74) is 2.31. The normalized spacial score (nSPS) is 15.2. The summed E-state index contributed by atoms with van der Waals surface area (Å²) >= 11 is 2.24. The van der Waals surface area contributed by atoms with E-state index in [-0.39, 0.29) is 11.7 Å². The number of nitrogens with one attached hydrogen (secondary N) is 2. The highest BCUT2D eigenvalue weighted by molar-refractivity contribution is 14.1. The second-order valence-corrected chi connectivity index (χ2v) is 8.67. The van der Waals surface area contributed by atoms with E-state index in [1.165, 1.54) is 0 Å². The van der Waals surface area contributed by atoms with Crippen molar-refractivity contribution >= 4 is 51.1 Å². The number of fused-ring (bicyclic) bond motifs is 1. The van der Waals surface area contributed by atoms with Crippen molar-refractivity contribution < 1.29 is 14.3 Å². The zero-order chi connectivity index (χ0) is 20.9. The first-order valence-corrected chi connectivity index (χ1v) is 11.1. The van der Waals surface area contributed by atoms with Crippen LogP contribution in [-0.2, 0) is 4.74 Å². The van der Waals surface area contributed by atoms with Gasteiger partial charge >= 0.3 is 6.09 Å². The first-order valence-electron chi connectivity index (χ1n) is 9.97. The van der Waals surface area contributed by atoms with E-state index in [0.717, 1.165) is 46.0 Å². The maximum absolute atomic E-state index is 12.7. The van der Waals surface area contributed by atoms with Crippen LogP contribution in [0.4, 0.5) is 10.5 Å². The second kappa shape index (κ2) is 9.57. The van der Waals surface area contributed by atoms with E-state index in [4.69, 9.17) is 4.74 Å². The van der Waals surface area contributed by atoms with Crippen LogP contribution in [0.5, 0.6) is 0 Å². The summed E-state index contributed by atoms with van der Waals surface area (Å²) in [5, 5.41) is 10.6. The molecular formula is C22H23IN4O3. The summed E-state index contributed by atoms with van der Waals surface area (Å²) in [7, 11) is 0. The van der Waals surface area contributed by atoms with E-state index in [0.29, 0.717) is 18.8 Å². The standard InChI is InChI=1S/C22H23IN4O3/c23-18-4-1-15(2-5-18)21(28)16-7-9-27(10-8-16)11-12-30-22(29)25-19-6-3-17-14-24-26-20(17)13-19/h1-6,13-14,16H,7-12H2,(H,24,26)(H,25,29). The molecule has 1 amide bonds. The number of carbonyl (C=O) groups is 2. The quantitative estimate of drug-likeness (QED) is 0.375. The molecule has 1 aromatic heterocycles. The summed E-state index contributed by atoms with van der Waals surface area (Å²) in [6, 6.07) is 13.3. The molecule has 1 saturated heterocycles. The first kappa shape index (κ1) is 20.8. The van der Waals surface area contributed by atoms with Gasteiger partial charge in [0.15, 0.2) is 5.78 Å². The van der Waals surface area contributed by atoms with Gasteiger partial charge < -0.3 is 4.74 Å². The Morgan fingerprint density at radius 2 is 1.93 bits per heavy atom. The summed E-state index contributed by atoms with van der Waals surface area (Å²) in [4.78, 5) is 26.9.